The van der Waals surface area contributed by atoms with Gasteiger partial charge < -0.3 is 40.1 Å². The molecular formula is C32H51F3N4O7. The number of aromatic hydroxyl groups is 4. The van der Waals surface area contributed by atoms with Crippen molar-refractivity contribution in [1.82, 2.24) is 14.7 Å². The Kier molecular flexibility index (Phi) is 15.9. The molecule has 2 atom stereocenters. The number of phenols is 4. The molecule has 0 amide bonds. The van der Waals surface area contributed by atoms with E-state index in [-0.39, 0.29) is 11.1 Å². The molecule has 0 spiro atoms. The summed E-state index contributed by atoms with van der Waals surface area (Å²) in [6.45, 7) is 18.0. The standard InChI is InChI=1S/C17H25NO7.C13H20F3N3.C2H6/c1-10-13(20)15(22)12(16(23)14(10)21)17(2,24)18-6-3-11(4-7-18)5-8-25-9-19;1-5-12(13(14,15)16)17-8-10(2)19-7-6-18(4)11(3)9-19;1-2/h9,11,20-24H,3-8H2,1-2H3;5,8,11H,1,6-7,9H2,2-4H3;1-2H3/b;10-8+,17-12?;. The Morgan fingerprint density at radius 2 is 1.59 bits per heavy atom. The molecule has 3 rings (SSSR count). The third-order valence-electron chi connectivity index (χ3n) is 8.38. The fourth-order valence-corrected chi connectivity index (χ4v) is 5.22. The number of aliphatic hydroxyl groups is 1. The maximum Gasteiger partial charge on any atom is 0.433 e. The van der Waals surface area contributed by atoms with Gasteiger partial charge in [0, 0.05) is 56.2 Å². The lowest BCUT2D eigenvalue weighted by atomic mass is 9.90. The molecule has 2 heterocycles. The number of allylic oxidation sites excluding steroid dienone is 2. The summed E-state index contributed by atoms with van der Waals surface area (Å²) < 4.78 is 42.1. The summed E-state index contributed by atoms with van der Waals surface area (Å²) in [4.78, 5) is 19.6. The summed E-state index contributed by atoms with van der Waals surface area (Å²) >= 11 is 0. The summed E-state index contributed by atoms with van der Waals surface area (Å²) in [6, 6.07) is 0.377. The van der Waals surface area contributed by atoms with E-state index < -0.39 is 40.6 Å². The molecule has 0 saturated carbocycles. The number of nitrogens with zero attached hydrogens (tertiary/aromatic N) is 4. The minimum Gasteiger partial charge on any atom is -0.504 e. The van der Waals surface area contributed by atoms with Gasteiger partial charge in [-0.1, -0.05) is 20.4 Å². The summed E-state index contributed by atoms with van der Waals surface area (Å²) in [5.74, 6) is -2.12. The van der Waals surface area contributed by atoms with Gasteiger partial charge in [0.1, 0.15) is 11.4 Å². The van der Waals surface area contributed by atoms with E-state index in [1.165, 1.54) is 20.0 Å². The first-order valence-corrected chi connectivity index (χ1v) is 15.4. The van der Waals surface area contributed by atoms with Crippen LogP contribution < -0.4 is 0 Å². The van der Waals surface area contributed by atoms with Crippen molar-refractivity contribution in [3.8, 4) is 23.0 Å². The molecule has 5 N–H and O–H groups in total. The number of alkyl halides is 3. The Labute approximate surface area is 269 Å². The molecule has 0 bridgehead atoms. The van der Waals surface area contributed by atoms with Crippen molar-refractivity contribution < 1.29 is 48.2 Å². The van der Waals surface area contributed by atoms with E-state index in [9.17, 15) is 43.5 Å². The van der Waals surface area contributed by atoms with E-state index in [1.54, 1.807) is 11.8 Å². The van der Waals surface area contributed by atoms with Crippen LogP contribution in [0.2, 0.25) is 0 Å². The van der Waals surface area contributed by atoms with E-state index in [4.69, 9.17) is 4.74 Å². The molecule has 0 aliphatic carbocycles. The Morgan fingerprint density at radius 1 is 1.04 bits per heavy atom. The molecule has 14 heteroatoms. The number of phenolic OH excluding ortho intramolecular Hbond substituents is 4. The average molecular weight is 661 g/mol. The van der Waals surface area contributed by atoms with E-state index in [0.717, 1.165) is 50.7 Å². The van der Waals surface area contributed by atoms with Crippen LogP contribution in [0.15, 0.2) is 29.5 Å². The molecule has 1 aromatic carbocycles. The van der Waals surface area contributed by atoms with Gasteiger partial charge in [0.25, 0.3) is 6.47 Å². The fourth-order valence-electron chi connectivity index (χ4n) is 5.22. The molecule has 0 radical (unpaired) electrons. The lowest BCUT2D eigenvalue weighted by Crippen LogP contribution is -2.49. The van der Waals surface area contributed by atoms with Crippen LogP contribution in [0.1, 0.15) is 65.0 Å². The number of rotatable bonds is 9. The number of benzene rings is 1. The van der Waals surface area contributed by atoms with Crippen LogP contribution in [0.3, 0.4) is 0 Å². The van der Waals surface area contributed by atoms with Crippen molar-refractivity contribution in [3.63, 3.8) is 0 Å². The van der Waals surface area contributed by atoms with E-state index >= 15 is 0 Å². The molecule has 46 heavy (non-hydrogen) atoms. The van der Waals surface area contributed by atoms with Crippen LogP contribution in [-0.2, 0) is 15.3 Å². The molecule has 2 saturated heterocycles. The van der Waals surface area contributed by atoms with Gasteiger partial charge >= 0.3 is 6.18 Å². The third-order valence-corrected chi connectivity index (χ3v) is 8.38. The molecule has 2 fully saturated rings. The molecule has 11 nitrogen and oxygen atoms in total. The number of likely N-dealkylation sites (tertiary alicyclic amines) is 1. The topological polar surface area (TPSA) is 150 Å². The maximum absolute atomic E-state index is 12.5. The number of hydrogen-bond acceptors (Lipinski definition) is 11. The SMILES string of the molecule is C=CC(=N/C=C(\C)N1CCN(C)C(C)C1)C(F)(F)F.CC.Cc1c(O)c(O)c(C(C)(O)N2CCC(CCOC=O)CC2)c(O)c1O. The Morgan fingerprint density at radius 3 is 2.04 bits per heavy atom. The first kappa shape index (κ1) is 40.5. The van der Waals surface area contributed by atoms with Crippen molar-refractivity contribution >= 4 is 12.2 Å². The first-order valence-electron chi connectivity index (χ1n) is 15.4. The van der Waals surface area contributed by atoms with E-state index in [1.807, 2.05) is 25.8 Å². The van der Waals surface area contributed by atoms with Crippen molar-refractivity contribution in [2.75, 3.05) is 46.4 Å². The van der Waals surface area contributed by atoms with Crippen molar-refractivity contribution in [2.45, 2.75) is 78.7 Å². The number of piperidine rings is 1. The molecule has 0 aromatic heterocycles. The highest BCUT2D eigenvalue weighted by atomic mass is 19.4. The number of carbonyl (C=O) groups excluding carboxylic acids is 1. The van der Waals surface area contributed by atoms with Gasteiger partial charge in [0.05, 0.1) is 12.2 Å². The maximum atomic E-state index is 12.5. The highest BCUT2D eigenvalue weighted by molar-refractivity contribution is 5.99. The zero-order valence-corrected chi connectivity index (χ0v) is 27.9. The Balaban J connectivity index is 0.000000452. The van der Waals surface area contributed by atoms with Gasteiger partial charge in [-0.15, -0.1) is 0 Å². The van der Waals surface area contributed by atoms with Crippen molar-refractivity contribution in [2.24, 2.45) is 10.9 Å². The molecule has 262 valence electrons. The molecule has 1 aromatic rings. The van der Waals surface area contributed by atoms with Crippen molar-refractivity contribution in [1.29, 1.82) is 0 Å². The number of carbonyl (C=O) groups is 1. The Hall–Kier alpha value is -3.49. The Bertz CT molecular complexity index is 1180. The van der Waals surface area contributed by atoms with Gasteiger partial charge in [0.2, 0.25) is 0 Å². The van der Waals surface area contributed by atoms with Crippen LogP contribution in [-0.4, -0.2) is 111 Å². The second kappa shape index (κ2) is 18.0. The molecule has 2 aliphatic heterocycles. The van der Waals surface area contributed by atoms with Crippen LogP contribution in [0.4, 0.5) is 13.2 Å². The quantitative estimate of drug-likeness (QED) is 0.0809. The lowest BCUT2D eigenvalue weighted by Gasteiger charge is -2.42. The number of aliphatic imine (C=N–C) groups is 1. The van der Waals surface area contributed by atoms with Gasteiger partial charge in [-0.25, -0.2) is 0 Å². The van der Waals surface area contributed by atoms with Crippen molar-refractivity contribution in [3.05, 3.63) is 35.7 Å². The minimum atomic E-state index is -4.45. The average Bonchev–Trinajstić information content (AvgIpc) is 3.01. The number of piperazine rings is 1. The number of ether oxygens (including phenoxy) is 1. The normalized spacial score (nSPS) is 20.1. The summed E-state index contributed by atoms with van der Waals surface area (Å²) in [7, 11) is 2.04. The number of likely N-dealkylation sites (N-methyl/N-ethyl adjacent to an activating group) is 1. The van der Waals surface area contributed by atoms with Crippen LogP contribution in [0.25, 0.3) is 0 Å². The summed E-state index contributed by atoms with van der Waals surface area (Å²) in [6.07, 6.45) is -0.238. The highest BCUT2D eigenvalue weighted by Gasteiger charge is 2.41. The molecular weight excluding hydrogens is 609 g/mol. The minimum absolute atomic E-state index is 0.0663. The second-order valence-corrected chi connectivity index (χ2v) is 11.4. The monoisotopic (exact) mass is 660 g/mol. The van der Waals surface area contributed by atoms with Gasteiger partial charge in [0.15, 0.2) is 23.0 Å². The summed E-state index contributed by atoms with van der Waals surface area (Å²) in [5.41, 5.74) is -2.39. The first-order chi connectivity index (χ1) is 21.5. The number of hydrogen-bond donors (Lipinski definition) is 5. The smallest absolute Gasteiger partial charge is 0.433 e. The fraction of sp³-hybridized carbons (Fsp3) is 0.625. The molecule has 2 aliphatic rings. The van der Waals surface area contributed by atoms with Gasteiger partial charge in [-0.3, -0.25) is 14.7 Å². The predicted octanol–water partition coefficient (Wildman–Crippen LogP) is 4.96. The molecule has 2 unspecified atom stereocenters. The largest absolute Gasteiger partial charge is 0.504 e. The van der Waals surface area contributed by atoms with E-state index in [0.29, 0.717) is 38.1 Å². The second-order valence-electron chi connectivity index (χ2n) is 11.4. The highest BCUT2D eigenvalue weighted by Crippen LogP contribution is 2.51. The van der Waals surface area contributed by atoms with Crippen LogP contribution in [0.5, 0.6) is 23.0 Å². The van der Waals surface area contributed by atoms with Crippen LogP contribution >= 0.6 is 0 Å². The third kappa shape index (κ3) is 10.5. The van der Waals surface area contributed by atoms with Crippen LogP contribution in [0, 0.1) is 12.8 Å². The lowest BCUT2D eigenvalue weighted by molar-refractivity contribution is -0.129. The predicted molar refractivity (Wildman–Crippen MR) is 171 cm³/mol. The summed E-state index contributed by atoms with van der Waals surface area (Å²) in [5, 5.41) is 51.1. The van der Waals surface area contributed by atoms with E-state index in [2.05, 4.69) is 23.4 Å². The van der Waals surface area contributed by atoms with Gasteiger partial charge in [-0.05, 0) is 66.0 Å². The number of halogens is 3. The zero-order valence-electron chi connectivity index (χ0n) is 27.9. The van der Waals surface area contributed by atoms with Gasteiger partial charge in [-0.2, -0.15) is 13.2 Å². The zero-order chi connectivity index (χ0) is 35.4.